The molecule has 0 bridgehead atoms. The van der Waals surface area contributed by atoms with Gasteiger partial charge in [-0.25, -0.2) is 0 Å². The Hall–Kier alpha value is -3.23. The predicted molar refractivity (Wildman–Crippen MR) is 90.3 cm³/mol. The number of ether oxygens (including phenoxy) is 3. The molecule has 2 rings (SSSR count). The molecule has 1 heterocycles. The minimum atomic E-state index is -0.449. The fourth-order valence-corrected chi connectivity index (χ4v) is 2.14. The highest BCUT2D eigenvalue weighted by Gasteiger charge is 2.17. The molecule has 0 aliphatic rings. The van der Waals surface area contributed by atoms with Crippen LogP contribution >= 0.6 is 0 Å². The van der Waals surface area contributed by atoms with Crippen molar-refractivity contribution in [1.82, 2.24) is 15.1 Å². The summed E-state index contributed by atoms with van der Waals surface area (Å²) < 4.78 is 17.2. The van der Waals surface area contributed by atoms with E-state index in [0.717, 1.165) is 0 Å². The number of nitrogens with one attached hydrogen (secondary N) is 2. The summed E-state index contributed by atoms with van der Waals surface area (Å²) in [6.07, 6.45) is 1.70. The average molecular weight is 348 g/mol. The third-order valence-corrected chi connectivity index (χ3v) is 3.32. The molecule has 0 aliphatic carbocycles. The smallest absolute Gasteiger partial charge is 0.251 e. The first-order valence-electron chi connectivity index (χ1n) is 7.36. The Kier molecular flexibility index (Phi) is 5.83. The fraction of sp³-hybridized carbons (Fsp3) is 0.312. The lowest BCUT2D eigenvalue weighted by Gasteiger charge is -2.14. The van der Waals surface area contributed by atoms with Gasteiger partial charge in [-0.15, -0.1) is 0 Å². The number of amides is 2. The van der Waals surface area contributed by atoms with Gasteiger partial charge in [0.05, 0.1) is 27.9 Å². The number of nitrogens with zero attached hydrogens (tertiary/aromatic N) is 2. The standard InChI is InChI=1S/C16H20N4O5/c1-20-6-5-13(19-20)18-14(21)9-17-16(22)10-7-11(23-2)15(25-4)12(8-10)24-3/h5-8H,9H2,1-4H3,(H,17,22)(H,18,19,21). The second-order valence-electron chi connectivity index (χ2n) is 5.02. The van der Waals surface area contributed by atoms with Crippen LogP contribution in [0.4, 0.5) is 5.82 Å². The van der Waals surface area contributed by atoms with Crippen molar-refractivity contribution in [2.24, 2.45) is 7.05 Å². The van der Waals surface area contributed by atoms with Crippen molar-refractivity contribution >= 4 is 17.6 Å². The molecule has 25 heavy (non-hydrogen) atoms. The second kappa shape index (κ2) is 8.04. The normalized spacial score (nSPS) is 10.1. The third kappa shape index (κ3) is 4.40. The maximum atomic E-state index is 12.3. The van der Waals surface area contributed by atoms with Crippen LogP contribution in [0.5, 0.6) is 17.2 Å². The number of carbonyl (C=O) groups is 2. The number of anilines is 1. The predicted octanol–water partition coefficient (Wildman–Crippen LogP) is 0.814. The van der Waals surface area contributed by atoms with Crippen molar-refractivity contribution in [2.75, 3.05) is 33.2 Å². The number of rotatable bonds is 7. The van der Waals surface area contributed by atoms with Crippen LogP contribution in [0.25, 0.3) is 0 Å². The Bertz CT molecular complexity index is 747. The summed E-state index contributed by atoms with van der Waals surface area (Å²) in [5, 5.41) is 9.13. The van der Waals surface area contributed by atoms with Crippen LogP contribution in [0, 0.1) is 0 Å². The zero-order valence-corrected chi connectivity index (χ0v) is 14.5. The molecule has 0 fully saturated rings. The van der Waals surface area contributed by atoms with E-state index in [0.29, 0.717) is 23.1 Å². The van der Waals surface area contributed by atoms with Crippen molar-refractivity contribution in [3.8, 4) is 17.2 Å². The van der Waals surface area contributed by atoms with E-state index in [9.17, 15) is 9.59 Å². The molecule has 9 heteroatoms. The summed E-state index contributed by atoms with van der Waals surface area (Å²) in [5.41, 5.74) is 0.278. The lowest BCUT2D eigenvalue weighted by molar-refractivity contribution is -0.115. The molecule has 0 aliphatic heterocycles. The Labute approximate surface area is 144 Å². The molecule has 0 atom stereocenters. The van der Waals surface area contributed by atoms with E-state index < -0.39 is 5.91 Å². The first-order chi connectivity index (χ1) is 12.0. The highest BCUT2D eigenvalue weighted by molar-refractivity contribution is 5.99. The maximum absolute atomic E-state index is 12.3. The van der Waals surface area contributed by atoms with Gasteiger partial charge in [-0.2, -0.15) is 5.10 Å². The van der Waals surface area contributed by atoms with Gasteiger partial charge in [0.1, 0.15) is 0 Å². The van der Waals surface area contributed by atoms with Gasteiger partial charge in [-0.05, 0) is 12.1 Å². The molecule has 1 aromatic heterocycles. The largest absolute Gasteiger partial charge is 0.493 e. The molecule has 0 unspecified atom stereocenters. The summed E-state index contributed by atoms with van der Waals surface area (Å²) in [7, 11) is 6.13. The van der Waals surface area contributed by atoms with Crippen molar-refractivity contribution in [3.63, 3.8) is 0 Å². The van der Waals surface area contributed by atoms with E-state index in [1.165, 1.54) is 33.5 Å². The van der Waals surface area contributed by atoms with Gasteiger partial charge in [0, 0.05) is 24.9 Å². The summed E-state index contributed by atoms with van der Waals surface area (Å²) in [5.74, 6) is 0.661. The summed E-state index contributed by atoms with van der Waals surface area (Å²) in [6.45, 7) is -0.202. The van der Waals surface area contributed by atoms with Crippen LogP contribution in [-0.2, 0) is 11.8 Å². The first kappa shape index (κ1) is 18.1. The summed E-state index contributed by atoms with van der Waals surface area (Å²) in [4.78, 5) is 24.1. The SMILES string of the molecule is COc1cc(C(=O)NCC(=O)Nc2ccn(C)n2)cc(OC)c1OC. The van der Waals surface area contributed by atoms with E-state index in [1.807, 2.05) is 0 Å². The molecule has 1 aromatic carbocycles. The number of aromatic nitrogens is 2. The van der Waals surface area contributed by atoms with E-state index >= 15 is 0 Å². The molecule has 134 valence electrons. The van der Waals surface area contributed by atoms with Gasteiger partial charge >= 0.3 is 0 Å². The molecule has 2 N–H and O–H groups in total. The van der Waals surface area contributed by atoms with Crippen molar-refractivity contribution in [1.29, 1.82) is 0 Å². The topological polar surface area (TPSA) is 104 Å². The molecule has 2 aromatic rings. The number of carbonyl (C=O) groups excluding carboxylic acids is 2. The zero-order valence-electron chi connectivity index (χ0n) is 14.5. The molecule has 2 amide bonds. The van der Waals surface area contributed by atoms with Crippen LogP contribution in [0.15, 0.2) is 24.4 Å². The Morgan fingerprint density at radius 1 is 1.12 bits per heavy atom. The minimum absolute atomic E-state index is 0.202. The van der Waals surface area contributed by atoms with Crippen LogP contribution < -0.4 is 24.8 Å². The van der Waals surface area contributed by atoms with Gasteiger partial charge in [0.15, 0.2) is 17.3 Å². The molecule has 0 spiro atoms. The second-order valence-corrected chi connectivity index (χ2v) is 5.02. The van der Waals surface area contributed by atoms with Gasteiger partial charge in [-0.1, -0.05) is 0 Å². The van der Waals surface area contributed by atoms with Crippen LogP contribution in [0.3, 0.4) is 0 Å². The van der Waals surface area contributed by atoms with Gasteiger partial charge in [0.25, 0.3) is 5.91 Å². The van der Waals surface area contributed by atoms with Crippen molar-refractivity contribution < 1.29 is 23.8 Å². The summed E-state index contributed by atoms with van der Waals surface area (Å²) >= 11 is 0. The summed E-state index contributed by atoms with van der Waals surface area (Å²) in [6, 6.07) is 4.67. The number of methoxy groups -OCH3 is 3. The van der Waals surface area contributed by atoms with Crippen LogP contribution in [0.2, 0.25) is 0 Å². The number of benzene rings is 1. The molecule has 0 radical (unpaired) electrons. The average Bonchev–Trinajstić information content (AvgIpc) is 3.02. The quantitative estimate of drug-likeness (QED) is 0.768. The zero-order chi connectivity index (χ0) is 18.4. The maximum Gasteiger partial charge on any atom is 0.251 e. The minimum Gasteiger partial charge on any atom is -0.493 e. The van der Waals surface area contributed by atoms with Crippen LogP contribution in [0.1, 0.15) is 10.4 Å². The highest BCUT2D eigenvalue weighted by atomic mass is 16.5. The molecule has 0 saturated carbocycles. The van der Waals surface area contributed by atoms with E-state index in [4.69, 9.17) is 14.2 Å². The van der Waals surface area contributed by atoms with Gasteiger partial charge in [-0.3, -0.25) is 14.3 Å². The fourth-order valence-electron chi connectivity index (χ4n) is 2.14. The van der Waals surface area contributed by atoms with Crippen molar-refractivity contribution in [3.05, 3.63) is 30.0 Å². The highest BCUT2D eigenvalue weighted by Crippen LogP contribution is 2.38. The Morgan fingerprint density at radius 2 is 1.76 bits per heavy atom. The van der Waals surface area contributed by atoms with E-state index in [2.05, 4.69) is 15.7 Å². The number of hydrogen-bond acceptors (Lipinski definition) is 6. The number of hydrogen-bond donors (Lipinski definition) is 2. The lowest BCUT2D eigenvalue weighted by Crippen LogP contribution is -2.33. The van der Waals surface area contributed by atoms with E-state index in [1.54, 1.807) is 24.0 Å². The molecule has 9 nitrogen and oxygen atoms in total. The Morgan fingerprint density at radius 3 is 2.24 bits per heavy atom. The molecular formula is C16H20N4O5. The van der Waals surface area contributed by atoms with Gasteiger partial charge < -0.3 is 24.8 Å². The Balaban J connectivity index is 2.03. The molecule has 0 saturated heterocycles. The molecular weight excluding hydrogens is 328 g/mol. The first-order valence-corrected chi connectivity index (χ1v) is 7.36. The van der Waals surface area contributed by atoms with Crippen molar-refractivity contribution in [2.45, 2.75) is 0 Å². The van der Waals surface area contributed by atoms with Gasteiger partial charge in [0.2, 0.25) is 11.7 Å². The monoisotopic (exact) mass is 348 g/mol. The van der Waals surface area contributed by atoms with Crippen LogP contribution in [-0.4, -0.2) is 49.5 Å². The lowest BCUT2D eigenvalue weighted by atomic mass is 10.1. The van der Waals surface area contributed by atoms with E-state index in [-0.39, 0.29) is 18.0 Å². The third-order valence-electron chi connectivity index (χ3n) is 3.32. The number of aryl methyl sites for hydroxylation is 1.